The molecule has 3 rings (SSSR count). The zero-order chi connectivity index (χ0) is 51.8. The summed E-state index contributed by atoms with van der Waals surface area (Å²) in [4.78, 5) is 72.7. The van der Waals surface area contributed by atoms with E-state index in [1.807, 2.05) is 65.0 Å². The molecule has 2 heterocycles. The molecule has 0 radical (unpaired) electrons. The molecule has 0 aliphatic carbocycles. The van der Waals surface area contributed by atoms with Crippen LogP contribution >= 0.6 is 0 Å². The van der Waals surface area contributed by atoms with E-state index >= 15 is 9.59 Å². The number of carbonyl (C=O) groups is 5. The van der Waals surface area contributed by atoms with Crippen LogP contribution in [0.2, 0.25) is 18.1 Å². The fourth-order valence-corrected chi connectivity index (χ4v) is 11.9. The molecule has 1 aromatic rings. The molecule has 2 fully saturated rings. The summed E-state index contributed by atoms with van der Waals surface area (Å²) in [5.74, 6) is -7.84. The van der Waals surface area contributed by atoms with Crippen LogP contribution in [0.25, 0.3) is 0 Å². The Hall–Kier alpha value is -3.89. The molecule has 68 heavy (non-hydrogen) atoms. The maximum absolute atomic E-state index is 15.6. The fraction of sp³-hybridized carbons (Fsp3) is 0.717. The standard InChI is InChI=1S/C53H84O14Si/c1-19-34(5)32-35(6)28-29-40(55)61-43-42(66-68(20-2,21-3)22-4)51(31-30-36(7)41(60-38(9)54)37(8)33-39-26-24-23-25-27-39)62-44(45(56)63-48(10,11)12)52(59,46(57)64-49(13,14)15)53(43,67-51)47(58)65-50(16,17)18/h23-29,34-35,37,41-44,59H,7,19-22,30-33H2,1-6,8-18H3/b29-28+/t34-,35+,37+,41+,42+,43+,44+,51-,52+,53-/m0/s1. The number of hydrogen-bond donors (Lipinski definition) is 1. The third kappa shape index (κ3) is 14.1. The van der Waals surface area contributed by atoms with Crippen LogP contribution in [0, 0.1) is 17.8 Å². The molecular formula is C53H84O14Si. The van der Waals surface area contributed by atoms with Crippen molar-refractivity contribution in [2.45, 2.75) is 226 Å². The monoisotopic (exact) mass is 973 g/mol. The highest BCUT2D eigenvalue weighted by molar-refractivity contribution is 6.73. The second kappa shape index (κ2) is 22.9. The van der Waals surface area contributed by atoms with Crippen LogP contribution in [-0.4, -0.2) is 101 Å². The van der Waals surface area contributed by atoms with Gasteiger partial charge in [-0.15, -0.1) is 0 Å². The van der Waals surface area contributed by atoms with Gasteiger partial charge in [-0.05, 0) is 123 Å². The van der Waals surface area contributed by atoms with Gasteiger partial charge in [0.1, 0.15) is 29.0 Å². The van der Waals surface area contributed by atoms with Crippen molar-refractivity contribution in [2.75, 3.05) is 0 Å². The second-order valence-corrected chi connectivity index (χ2v) is 26.8. The smallest absolute Gasteiger partial charge is 0.347 e. The van der Waals surface area contributed by atoms with E-state index in [2.05, 4.69) is 20.4 Å². The Labute approximate surface area is 407 Å². The molecule has 1 N–H and O–H groups in total. The first kappa shape index (κ1) is 58.4. The van der Waals surface area contributed by atoms with Crippen molar-refractivity contribution < 1.29 is 66.7 Å². The Bertz CT molecular complexity index is 1930. The lowest BCUT2D eigenvalue weighted by Crippen LogP contribution is -2.79. The SMILES string of the molecule is C=C(CC[C@]12O[C@H](C(=O)OC(C)(C)C)[C@@](O)(C(=O)OC(C)(C)C)[C@](C(=O)OC(C)(C)C)(O1)[C@H](OC(=O)/C=C/[C@@H](C)C[C@@H](C)CC)[C@H]2O[Si](CC)(CC)CC)[C@@H](OC(C)=O)[C@H](C)Cc1ccccc1. The van der Waals surface area contributed by atoms with Crippen LogP contribution < -0.4 is 0 Å². The zero-order valence-electron chi connectivity index (χ0n) is 44.2. The molecule has 0 saturated carbocycles. The average molecular weight is 973 g/mol. The summed E-state index contributed by atoms with van der Waals surface area (Å²) in [7, 11) is -2.94. The first-order valence-electron chi connectivity index (χ1n) is 24.5. The summed E-state index contributed by atoms with van der Waals surface area (Å²) in [6.45, 7) is 33.9. The largest absolute Gasteiger partial charge is 0.458 e. The minimum absolute atomic E-state index is 0.0418. The van der Waals surface area contributed by atoms with Gasteiger partial charge in [-0.3, -0.25) is 4.79 Å². The number of allylic oxidation sites excluding steroid dienone is 1. The van der Waals surface area contributed by atoms with Gasteiger partial charge in [0, 0.05) is 25.3 Å². The topological polar surface area (TPSA) is 179 Å². The van der Waals surface area contributed by atoms with Crippen LogP contribution in [0.3, 0.4) is 0 Å². The maximum atomic E-state index is 15.6. The van der Waals surface area contributed by atoms with Crippen LogP contribution in [0.5, 0.6) is 0 Å². The first-order chi connectivity index (χ1) is 31.3. The molecule has 15 heteroatoms. The lowest BCUT2D eigenvalue weighted by atomic mass is 9.74. The van der Waals surface area contributed by atoms with Gasteiger partial charge in [0.25, 0.3) is 5.60 Å². The molecule has 2 saturated heterocycles. The van der Waals surface area contributed by atoms with Crippen molar-refractivity contribution in [3.05, 3.63) is 60.2 Å². The number of esters is 5. The van der Waals surface area contributed by atoms with Gasteiger partial charge in [-0.1, -0.05) is 97.9 Å². The van der Waals surface area contributed by atoms with Crippen molar-refractivity contribution >= 4 is 38.2 Å². The molecule has 10 atom stereocenters. The van der Waals surface area contributed by atoms with Crippen LogP contribution in [0.1, 0.15) is 149 Å². The van der Waals surface area contributed by atoms with E-state index in [1.165, 1.54) is 13.0 Å². The molecular weight excluding hydrogens is 889 g/mol. The molecule has 2 aliphatic rings. The quantitative estimate of drug-likeness (QED) is 0.0382. The molecule has 14 nitrogen and oxygen atoms in total. The third-order valence-electron chi connectivity index (χ3n) is 12.7. The van der Waals surface area contributed by atoms with E-state index in [-0.39, 0.29) is 24.7 Å². The lowest BCUT2D eigenvalue weighted by molar-refractivity contribution is -0.377. The van der Waals surface area contributed by atoms with Crippen molar-refractivity contribution in [2.24, 2.45) is 17.8 Å². The van der Waals surface area contributed by atoms with Gasteiger partial charge >= 0.3 is 29.8 Å². The van der Waals surface area contributed by atoms with E-state index in [9.17, 15) is 19.5 Å². The molecule has 0 spiro atoms. The zero-order valence-corrected chi connectivity index (χ0v) is 45.2. The first-order valence-corrected chi connectivity index (χ1v) is 27.1. The normalized spacial score (nSPS) is 26.0. The van der Waals surface area contributed by atoms with E-state index in [0.717, 1.165) is 18.4 Å². The van der Waals surface area contributed by atoms with Gasteiger partial charge in [0.15, 0.2) is 20.2 Å². The second-order valence-electron chi connectivity index (χ2n) is 22.0. The van der Waals surface area contributed by atoms with Crippen LogP contribution in [0.4, 0.5) is 0 Å². The van der Waals surface area contributed by atoms with Gasteiger partial charge < -0.3 is 42.7 Å². The number of ether oxygens (including phenoxy) is 7. The Balaban J connectivity index is 2.53. The van der Waals surface area contributed by atoms with Crippen molar-refractivity contribution in [1.29, 1.82) is 0 Å². The Morgan fingerprint density at radius 3 is 1.87 bits per heavy atom. The Kier molecular flexibility index (Phi) is 19.7. The highest BCUT2D eigenvalue weighted by atomic mass is 28.4. The lowest BCUT2D eigenvalue weighted by Gasteiger charge is -2.51. The highest BCUT2D eigenvalue weighted by Gasteiger charge is 2.87. The summed E-state index contributed by atoms with van der Waals surface area (Å²) < 4.78 is 51.4. The molecule has 2 bridgehead atoms. The predicted octanol–water partition coefficient (Wildman–Crippen LogP) is 9.68. The predicted molar refractivity (Wildman–Crippen MR) is 261 cm³/mol. The molecule has 1 aromatic carbocycles. The number of carbonyl (C=O) groups excluding carboxylic acids is 5. The fourth-order valence-electron chi connectivity index (χ4n) is 9.01. The number of aliphatic hydroxyl groups is 1. The van der Waals surface area contributed by atoms with Gasteiger partial charge in [-0.25, -0.2) is 19.2 Å². The van der Waals surface area contributed by atoms with Gasteiger partial charge in [-0.2, -0.15) is 0 Å². The van der Waals surface area contributed by atoms with Crippen LogP contribution in [-0.2, 0) is 68.0 Å². The number of hydrogen-bond acceptors (Lipinski definition) is 14. The van der Waals surface area contributed by atoms with Crippen molar-refractivity contribution in [3.63, 3.8) is 0 Å². The molecule has 384 valence electrons. The molecule has 0 unspecified atom stereocenters. The summed E-state index contributed by atoms with van der Waals surface area (Å²) >= 11 is 0. The molecule has 0 amide bonds. The maximum Gasteiger partial charge on any atom is 0.347 e. The van der Waals surface area contributed by atoms with Crippen molar-refractivity contribution in [1.82, 2.24) is 0 Å². The van der Waals surface area contributed by atoms with Crippen LogP contribution in [0.15, 0.2) is 54.6 Å². The minimum atomic E-state index is -3.46. The van der Waals surface area contributed by atoms with E-state index in [0.29, 0.717) is 36.0 Å². The number of fused-ring (bicyclic) bond motifs is 2. The number of rotatable bonds is 22. The molecule has 0 aromatic heterocycles. The van der Waals surface area contributed by atoms with Gasteiger partial charge in [0.2, 0.25) is 11.7 Å². The Morgan fingerprint density at radius 1 is 0.824 bits per heavy atom. The summed E-state index contributed by atoms with van der Waals surface area (Å²) in [5, 5.41) is 13.6. The van der Waals surface area contributed by atoms with Gasteiger partial charge in [0.05, 0.1) is 0 Å². The highest BCUT2D eigenvalue weighted by Crippen LogP contribution is 2.59. The Morgan fingerprint density at radius 2 is 1.37 bits per heavy atom. The van der Waals surface area contributed by atoms with Crippen molar-refractivity contribution in [3.8, 4) is 0 Å². The third-order valence-corrected chi connectivity index (χ3v) is 17.4. The number of benzene rings is 1. The van der Waals surface area contributed by atoms with E-state index < -0.39 is 96.4 Å². The van der Waals surface area contributed by atoms with E-state index in [4.69, 9.17) is 37.6 Å². The molecule has 2 aliphatic heterocycles. The van der Waals surface area contributed by atoms with E-state index in [1.54, 1.807) is 68.4 Å². The summed E-state index contributed by atoms with van der Waals surface area (Å²) in [6, 6.07) is 11.3. The average Bonchev–Trinajstić information content (AvgIpc) is 3.45. The minimum Gasteiger partial charge on any atom is -0.458 e. The summed E-state index contributed by atoms with van der Waals surface area (Å²) in [5.41, 5.74) is -8.97. The summed E-state index contributed by atoms with van der Waals surface area (Å²) in [6.07, 6.45) is -1.98.